The van der Waals surface area contributed by atoms with Crippen LogP contribution in [-0.2, 0) is 19.7 Å². The number of ether oxygens (including phenoxy) is 1. The van der Waals surface area contributed by atoms with E-state index in [2.05, 4.69) is 30.2 Å². The van der Waals surface area contributed by atoms with E-state index in [-0.39, 0.29) is 17.3 Å². The molecule has 10 nitrogen and oxygen atoms in total. The van der Waals surface area contributed by atoms with Crippen molar-refractivity contribution in [3.63, 3.8) is 0 Å². The predicted octanol–water partition coefficient (Wildman–Crippen LogP) is 4.78. The summed E-state index contributed by atoms with van der Waals surface area (Å²) in [4.78, 5) is 21.4. The Kier molecular flexibility index (Phi) is 8.15. The highest BCUT2D eigenvalue weighted by molar-refractivity contribution is 7.89. The van der Waals surface area contributed by atoms with Crippen LogP contribution in [0.15, 0.2) is 53.7 Å². The Morgan fingerprint density at radius 3 is 2.13 bits per heavy atom. The van der Waals surface area contributed by atoms with E-state index in [0.29, 0.717) is 25.2 Å². The molecule has 3 rings (SSSR count). The molecule has 3 aromatic rings. The molecule has 0 aliphatic carbocycles. The van der Waals surface area contributed by atoms with E-state index in [4.69, 9.17) is 0 Å². The number of hydrogen-bond donors (Lipinski definition) is 2. The summed E-state index contributed by atoms with van der Waals surface area (Å²) in [6.07, 6.45) is -9.89. The fourth-order valence-electron chi connectivity index (χ4n) is 2.70. The molecule has 0 radical (unpaired) electrons. The van der Waals surface area contributed by atoms with Gasteiger partial charge in [-0.25, -0.2) is 32.0 Å². The van der Waals surface area contributed by atoms with Crippen molar-refractivity contribution in [2.75, 3.05) is 17.7 Å². The molecule has 0 atom stereocenters. The van der Waals surface area contributed by atoms with E-state index in [1.165, 1.54) is 0 Å². The van der Waals surface area contributed by atoms with Gasteiger partial charge in [0.1, 0.15) is 18.0 Å². The summed E-state index contributed by atoms with van der Waals surface area (Å²) in [7, 11) is -4.57. The highest BCUT2D eigenvalue weighted by atomic mass is 32.2. The Morgan fingerprint density at radius 1 is 0.897 bits per heavy atom. The van der Waals surface area contributed by atoms with Crippen LogP contribution in [0.5, 0.6) is 5.75 Å². The van der Waals surface area contributed by atoms with Gasteiger partial charge in [0.2, 0.25) is 0 Å². The number of hydroxylamine groups is 1. The Bertz CT molecular complexity index is 1480. The van der Waals surface area contributed by atoms with Gasteiger partial charge in [-0.3, -0.25) is 0 Å². The zero-order valence-electron chi connectivity index (χ0n) is 18.9. The number of hydrogen-bond acceptors (Lipinski definition) is 9. The Labute approximate surface area is 213 Å². The van der Waals surface area contributed by atoms with Crippen molar-refractivity contribution in [1.29, 1.82) is 0 Å². The van der Waals surface area contributed by atoms with Gasteiger partial charge in [0.15, 0.2) is 17.4 Å². The Hall–Kier alpha value is -4.26. The van der Waals surface area contributed by atoms with Crippen LogP contribution in [0.3, 0.4) is 0 Å². The van der Waals surface area contributed by atoms with Gasteiger partial charge in [0.05, 0.1) is 10.6 Å². The number of alkyl halides is 6. The topological polar surface area (TPSA) is 123 Å². The van der Waals surface area contributed by atoms with Gasteiger partial charge < -0.3 is 20.2 Å². The van der Waals surface area contributed by atoms with Crippen LogP contribution in [0.2, 0.25) is 0 Å². The number of halogens is 8. The summed E-state index contributed by atoms with van der Waals surface area (Å²) < 4.78 is 131. The highest BCUT2D eigenvalue weighted by Gasteiger charge is 2.44. The SMILES string of the molecule is CN(OC(=O)C(F)(F)F)S(=O)(=O)c1ccc(OC(F)(F)F)c(Nc2cc(Nc3ccc(F)c(F)c3)ncn2)c1. The first-order valence-corrected chi connectivity index (χ1v) is 11.4. The molecule has 0 bridgehead atoms. The molecule has 0 spiro atoms. The maximum atomic E-state index is 13.4. The minimum Gasteiger partial charge on any atom is -0.404 e. The molecule has 1 aromatic heterocycles. The fourth-order valence-corrected chi connectivity index (χ4v) is 3.67. The lowest BCUT2D eigenvalue weighted by Crippen LogP contribution is -2.36. The van der Waals surface area contributed by atoms with Crippen molar-refractivity contribution in [2.24, 2.45) is 0 Å². The second-order valence-corrected chi connectivity index (χ2v) is 9.10. The Morgan fingerprint density at radius 2 is 1.54 bits per heavy atom. The van der Waals surface area contributed by atoms with E-state index < -0.39 is 61.0 Å². The molecular formula is C20H13F8N5O5S. The summed E-state index contributed by atoms with van der Waals surface area (Å²) >= 11 is 0. The molecule has 39 heavy (non-hydrogen) atoms. The van der Waals surface area contributed by atoms with Gasteiger partial charge in [-0.15, -0.1) is 13.2 Å². The highest BCUT2D eigenvalue weighted by Crippen LogP contribution is 2.35. The van der Waals surface area contributed by atoms with E-state index >= 15 is 0 Å². The first kappa shape index (κ1) is 29.3. The van der Waals surface area contributed by atoms with Crippen molar-refractivity contribution in [1.82, 2.24) is 14.4 Å². The molecule has 0 saturated carbocycles. The third kappa shape index (κ3) is 7.63. The standard InChI is InChI=1S/C20H13F8N5O5S/c1-33(38-18(34)19(23,24)25)39(35,36)11-3-5-15(37-20(26,27)28)14(7-11)32-17-8-16(29-9-30-17)31-10-2-4-12(21)13(22)6-10/h2-9H,1H3,(H2,29,30,31,32). The van der Waals surface area contributed by atoms with Crippen molar-refractivity contribution in [3.05, 3.63) is 60.4 Å². The normalized spacial score (nSPS) is 12.3. The van der Waals surface area contributed by atoms with E-state index in [1.807, 2.05) is 0 Å². The molecule has 210 valence electrons. The predicted molar refractivity (Wildman–Crippen MR) is 115 cm³/mol. The Balaban J connectivity index is 1.94. The maximum Gasteiger partial charge on any atom is 0.573 e. The number of aromatic nitrogens is 2. The number of rotatable bonds is 8. The third-order valence-corrected chi connectivity index (χ3v) is 5.98. The number of nitrogens with one attached hydrogen (secondary N) is 2. The summed E-state index contributed by atoms with van der Waals surface area (Å²) in [6.45, 7) is 0. The van der Waals surface area contributed by atoms with Crippen LogP contribution >= 0.6 is 0 Å². The summed E-state index contributed by atoms with van der Waals surface area (Å²) in [5, 5.41) is 4.92. The number of sulfonamides is 1. The second kappa shape index (κ2) is 10.8. The number of nitrogens with zero attached hydrogens (tertiary/aromatic N) is 3. The molecular weight excluding hydrogens is 574 g/mol. The molecule has 0 unspecified atom stereocenters. The van der Waals surface area contributed by atoms with Crippen LogP contribution in [-0.4, -0.2) is 48.4 Å². The van der Waals surface area contributed by atoms with E-state index in [0.717, 1.165) is 30.6 Å². The van der Waals surface area contributed by atoms with Gasteiger partial charge in [0.25, 0.3) is 10.0 Å². The molecule has 1 heterocycles. The molecule has 0 fully saturated rings. The number of benzene rings is 2. The van der Waals surface area contributed by atoms with Crippen LogP contribution in [0.4, 0.5) is 58.1 Å². The van der Waals surface area contributed by atoms with Crippen molar-refractivity contribution in [2.45, 2.75) is 17.4 Å². The van der Waals surface area contributed by atoms with Gasteiger partial charge >= 0.3 is 18.5 Å². The lowest BCUT2D eigenvalue weighted by atomic mass is 10.3. The zero-order chi connectivity index (χ0) is 29.2. The van der Waals surface area contributed by atoms with Gasteiger partial charge in [-0.1, -0.05) is 0 Å². The molecule has 2 N–H and O–H groups in total. The zero-order valence-corrected chi connectivity index (χ0v) is 19.8. The smallest absolute Gasteiger partial charge is 0.404 e. The van der Waals surface area contributed by atoms with Crippen LogP contribution in [0.1, 0.15) is 0 Å². The molecule has 0 aliphatic heterocycles. The van der Waals surface area contributed by atoms with Crippen LogP contribution in [0, 0.1) is 11.6 Å². The summed E-state index contributed by atoms with van der Waals surface area (Å²) in [6, 6.07) is 5.46. The largest absolute Gasteiger partial charge is 0.573 e. The molecule has 0 amide bonds. The lowest BCUT2D eigenvalue weighted by molar-refractivity contribution is -0.274. The maximum absolute atomic E-state index is 13.4. The van der Waals surface area contributed by atoms with E-state index in [1.54, 1.807) is 0 Å². The van der Waals surface area contributed by atoms with E-state index in [9.17, 15) is 48.3 Å². The summed E-state index contributed by atoms with van der Waals surface area (Å²) in [5.41, 5.74) is -0.661. The van der Waals surface area contributed by atoms with Crippen LogP contribution in [0.25, 0.3) is 0 Å². The van der Waals surface area contributed by atoms with Gasteiger partial charge in [-0.2, -0.15) is 13.2 Å². The summed E-state index contributed by atoms with van der Waals surface area (Å²) in [5.74, 6) is -6.51. The number of anilines is 4. The minimum absolute atomic E-state index is 0.0316. The quantitative estimate of drug-likeness (QED) is 0.283. The average molecular weight is 587 g/mol. The average Bonchev–Trinajstić information content (AvgIpc) is 2.81. The first-order chi connectivity index (χ1) is 18.0. The lowest BCUT2D eigenvalue weighted by Gasteiger charge is -2.19. The van der Waals surface area contributed by atoms with Crippen molar-refractivity contribution in [3.8, 4) is 5.75 Å². The van der Waals surface area contributed by atoms with Crippen LogP contribution < -0.4 is 15.4 Å². The minimum atomic E-state index is -5.54. The fraction of sp³-hybridized carbons (Fsp3) is 0.150. The molecule has 2 aromatic carbocycles. The second-order valence-electron chi connectivity index (χ2n) is 7.16. The van der Waals surface area contributed by atoms with Gasteiger partial charge in [0, 0.05) is 24.9 Å². The third-order valence-electron chi connectivity index (χ3n) is 4.38. The number of carbonyl (C=O) groups excluding carboxylic acids is 1. The molecule has 19 heteroatoms. The molecule has 0 aliphatic rings. The number of carbonyl (C=O) groups is 1. The molecule has 0 saturated heterocycles. The van der Waals surface area contributed by atoms with Gasteiger partial charge in [-0.05, 0) is 34.8 Å². The first-order valence-electron chi connectivity index (χ1n) is 9.95. The van der Waals surface area contributed by atoms with Crippen molar-refractivity contribution < 1.29 is 57.9 Å². The van der Waals surface area contributed by atoms with Crippen molar-refractivity contribution >= 4 is 39.0 Å². The monoisotopic (exact) mass is 587 g/mol.